The SMILES string of the molecule is O=C1c2cc(-c3nnc(C(F)F)o3)cnc2CN1Cc1cccc(Br)c1. The Balaban J connectivity index is 1.58. The molecule has 0 atom stereocenters. The molecule has 0 spiro atoms. The zero-order valence-electron chi connectivity index (χ0n) is 13.2. The molecule has 26 heavy (non-hydrogen) atoms. The van der Waals surface area contributed by atoms with Crippen LogP contribution in [0.1, 0.15) is 33.9 Å². The Kier molecular flexibility index (Phi) is 4.23. The molecule has 4 rings (SSSR count). The van der Waals surface area contributed by atoms with Crippen LogP contribution in [0, 0.1) is 0 Å². The van der Waals surface area contributed by atoms with Crippen molar-refractivity contribution in [3.63, 3.8) is 0 Å². The highest BCUT2D eigenvalue weighted by Gasteiger charge is 2.29. The van der Waals surface area contributed by atoms with Crippen LogP contribution in [0.5, 0.6) is 0 Å². The van der Waals surface area contributed by atoms with Crippen LogP contribution in [0.3, 0.4) is 0 Å². The Morgan fingerprint density at radius 2 is 2.12 bits per heavy atom. The van der Waals surface area contributed by atoms with Gasteiger partial charge in [0.15, 0.2) is 0 Å². The smallest absolute Gasteiger partial charge is 0.314 e. The van der Waals surface area contributed by atoms with Gasteiger partial charge in [-0.2, -0.15) is 8.78 Å². The van der Waals surface area contributed by atoms with Gasteiger partial charge >= 0.3 is 6.43 Å². The number of amides is 1. The number of alkyl halides is 2. The number of halogens is 3. The Labute approximate surface area is 155 Å². The molecule has 0 aliphatic carbocycles. The van der Waals surface area contributed by atoms with Gasteiger partial charge in [-0.3, -0.25) is 9.78 Å². The third-order valence-electron chi connectivity index (χ3n) is 3.97. The minimum absolute atomic E-state index is 0.0890. The van der Waals surface area contributed by atoms with Gasteiger partial charge in [-0.1, -0.05) is 28.1 Å². The molecule has 0 fully saturated rings. The molecule has 0 N–H and O–H groups in total. The lowest BCUT2D eigenvalue weighted by Crippen LogP contribution is -2.23. The lowest BCUT2D eigenvalue weighted by molar-refractivity contribution is 0.0766. The highest BCUT2D eigenvalue weighted by molar-refractivity contribution is 9.10. The summed E-state index contributed by atoms with van der Waals surface area (Å²) in [5.74, 6) is -1.03. The molecule has 1 amide bonds. The zero-order chi connectivity index (χ0) is 18.3. The minimum atomic E-state index is -2.85. The van der Waals surface area contributed by atoms with Crippen molar-refractivity contribution in [2.75, 3.05) is 0 Å². The summed E-state index contributed by atoms with van der Waals surface area (Å²) in [6.45, 7) is 0.827. The van der Waals surface area contributed by atoms with Crippen molar-refractivity contribution in [1.29, 1.82) is 0 Å². The second kappa shape index (κ2) is 6.56. The normalized spacial score (nSPS) is 13.5. The number of carbonyl (C=O) groups is 1. The van der Waals surface area contributed by atoms with Gasteiger partial charge in [-0.05, 0) is 23.8 Å². The van der Waals surface area contributed by atoms with E-state index in [1.165, 1.54) is 6.20 Å². The number of nitrogens with zero attached hydrogens (tertiary/aromatic N) is 4. The highest BCUT2D eigenvalue weighted by atomic mass is 79.9. The molecule has 1 aromatic carbocycles. The Bertz CT molecular complexity index is 992. The van der Waals surface area contributed by atoms with Crippen molar-refractivity contribution in [2.24, 2.45) is 0 Å². The van der Waals surface area contributed by atoms with E-state index >= 15 is 0 Å². The lowest BCUT2D eigenvalue weighted by Gasteiger charge is -2.15. The van der Waals surface area contributed by atoms with E-state index in [9.17, 15) is 13.6 Å². The third-order valence-corrected chi connectivity index (χ3v) is 4.46. The van der Waals surface area contributed by atoms with Crippen LogP contribution in [0.15, 0.2) is 45.4 Å². The van der Waals surface area contributed by atoms with Crippen LogP contribution in [0.2, 0.25) is 0 Å². The quantitative estimate of drug-likeness (QED) is 0.637. The maximum atomic E-state index is 12.7. The molecule has 9 heteroatoms. The van der Waals surface area contributed by atoms with Gasteiger partial charge in [0.2, 0.25) is 5.89 Å². The molecule has 3 heterocycles. The van der Waals surface area contributed by atoms with Crippen molar-refractivity contribution in [3.8, 4) is 11.5 Å². The lowest BCUT2D eigenvalue weighted by atomic mass is 10.1. The fourth-order valence-corrected chi connectivity index (χ4v) is 3.21. The maximum Gasteiger partial charge on any atom is 0.314 e. The first-order chi connectivity index (χ1) is 12.5. The molecule has 132 valence electrons. The van der Waals surface area contributed by atoms with Crippen LogP contribution in [0.25, 0.3) is 11.5 Å². The molecule has 0 unspecified atom stereocenters. The molecule has 3 aromatic rings. The van der Waals surface area contributed by atoms with Gasteiger partial charge in [0, 0.05) is 17.2 Å². The number of hydrogen-bond acceptors (Lipinski definition) is 5. The summed E-state index contributed by atoms with van der Waals surface area (Å²) in [5.41, 5.74) is 2.36. The molecular weight excluding hydrogens is 410 g/mol. The molecular formula is C17H11BrF2N4O2. The van der Waals surface area contributed by atoms with Crippen LogP contribution in [0.4, 0.5) is 8.78 Å². The number of hydrogen-bond donors (Lipinski definition) is 0. The summed E-state index contributed by atoms with van der Waals surface area (Å²) in [5, 5.41) is 6.88. The third kappa shape index (κ3) is 3.10. The number of rotatable bonds is 4. The standard InChI is InChI=1S/C17H11BrF2N4O2/c18-11-3-1-2-9(4-11)7-24-8-13-12(17(24)25)5-10(6-21-13)15-22-23-16(26-15)14(19)20/h1-6,14H,7-8H2. The van der Waals surface area contributed by atoms with Crippen LogP contribution < -0.4 is 0 Å². The number of aromatic nitrogens is 3. The zero-order valence-corrected chi connectivity index (χ0v) is 14.8. The summed E-state index contributed by atoms with van der Waals surface area (Å²) in [7, 11) is 0. The fraction of sp³-hybridized carbons (Fsp3) is 0.176. The van der Waals surface area contributed by atoms with E-state index in [4.69, 9.17) is 4.42 Å². The monoisotopic (exact) mass is 420 g/mol. The van der Waals surface area contributed by atoms with Gasteiger partial charge in [0.1, 0.15) is 0 Å². The summed E-state index contributed by atoms with van der Waals surface area (Å²) >= 11 is 3.41. The van der Waals surface area contributed by atoms with Gasteiger partial charge in [-0.25, -0.2) is 0 Å². The first-order valence-electron chi connectivity index (χ1n) is 7.66. The fourth-order valence-electron chi connectivity index (χ4n) is 2.77. The van der Waals surface area contributed by atoms with Crippen LogP contribution in [-0.2, 0) is 13.1 Å². The van der Waals surface area contributed by atoms with Crippen molar-refractivity contribution in [1.82, 2.24) is 20.1 Å². The second-order valence-electron chi connectivity index (χ2n) is 5.76. The Morgan fingerprint density at radius 3 is 2.85 bits per heavy atom. The molecule has 6 nitrogen and oxygen atoms in total. The minimum Gasteiger partial charge on any atom is -0.415 e. The Morgan fingerprint density at radius 1 is 1.27 bits per heavy atom. The van der Waals surface area contributed by atoms with Crippen molar-refractivity contribution in [3.05, 3.63) is 63.7 Å². The summed E-state index contributed by atoms with van der Waals surface area (Å²) in [6, 6.07) is 9.24. The second-order valence-corrected chi connectivity index (χ2v) is 6.67. The molecule has 1 aliphatic rings. The summed E-state index contributed by atoms with van der Waals surface area (Å²) in [6.07, 6.45) is -1.40. The largest absolute Gasteiger partial charge is 0.415 e. The molecule has 2 aromatic heterocycles. The van der Waals surface area contributed by atoms with E-state index in [0.29, 0.717) is 29.9 Å². The average molecular weight is 421 g/mol. The van der Waals surface area contributed by atoms with Crippen molar-refractivity contribution >= 4 is 21.8 Å². The van der Waals surface area contributed by atoms with Gasteiger partial charge in [0.05, 0.1) is 23.4 Å². The number of pyridine rings is 1. The van der Waals surface area contributed by atoms with Gasteiger partial charge in [-0.15, -0.1) is 10.2 Å². The number of benzene rings is 1. The summed E-state index contributed by atoms with van der Waals surface area (Å²) < 4.78 is 31.0. The van der Waals surface area contributed by atoms with E-state index in [2.05, 4.69) is 31.1 Å². The number of carbonyl (C=O) groups excluding carboxylic acids is 1. The van der Waals surface area contributed by atoms with Crippen LogP contribution in [-0.4, -0.2) is 26.0 Å². The van der Waals surface area contributed by atoms with Crippen LogP contribution >= 0.6 is 15.9 Å². The van der Waals surface area contributed by atoms with Crippen molar-refractivity contribution in [2.45, 2.75) is 19.5 Å². The molecule has 0 radical (unpaired) electrons. The predicted octanol–water partition coefficient (Wildman–Crippen LogP) is 3.99. The Hall–Kier alpha value is -2.68. The molecule has 1 aliphatic heterocycles. The highest BCUT2D eigenvalue weighted by Crippen LogP contribution is 2.28. The van der Waals surface area contributed by atoms with Gasteiger partial charge < -0.3 is 9.32 Å². The van der Waals surface area contributed by atoms with E-state index < -0.39 is 12.3 Å². The summed E-state index contributed by atoms with van der Waals surface area (Å²) in [4.78, 5) is 18.6. The van der Waals surface area contributed by atoms with E-state index in [1.54, 1.807) is 11.0 Å². The van der Waals surface area contributed by atoms with E-state index in [-0.39, 0.29) is 11.8 Å². The topological polar surface area (TPSA) is 72.1 Å². The average Bonchev–Trinajstić information content (AvgIpc) is 3.21. The number of fused-ring (bicyclic) bond motifs is 1. The van der Waals surface area contributed by atoms with Crippen molar-refractivity contribution < 1.29 is 18.0 Å². The predicted molar refractivity (Wildman–Crippen MR) is 90.2 cm³/mol. The first kappa shape index (κ1) is 16.8. The van der Waals surface area contributed by atoms with E-state index in [0.717, 1.165) is 10.0 Å². The maximum absolute atomic E-state index is 12.7. The van der Waals surface area contributed by atoms with Gasteiger partial charge in [0.25, 0.3) is 11.8 Å². The molecule has 0 bridgehead atoms. The molecule has 0 saturated heterocycles. The molecule has 0 saturated carbocycles. The first-order valence-corrected chi connectivity index (χ1v) is 8.45. The van der Waals surface area contributed by atoms with E-state index in [1.807, 2.05) is 24.3 Å².